The van der Waals surface area contributed by atoms with Gasteiger partial charge in [0.2, 0.25) is 5.78 Å². The first-order valence-corrected chi connectivity index (χ1v) is 15.6. The molecule has 10 heteroatoms. The molecule has 2 aromatic rings. The Labute approximate surface area is 272 Å². The van der Waals surface area contributed by atoms with E-state index in [4.69, 9.17) is 0 Å². The summed E-state index contributed by atoms with van der Waals surface area (Å²) < 4.78 is 0. The van der Waals surface area contributed by atoms with Gasteiger partial charge in [-0.05, 0) is 54.9 Å². The number of phenols is 1. The maximum atomic E-state index is 14.4. The third-order valence-corrected chi connectivity index (χ3v) is 11.3. The molecule has 5 N–H and O–H groups in total. The number of aliphatic hydroxyl groups is 3. The maximum absolute atomic E-state index is 14.4. The Bertz CT molecular complexity index is 1850. The van der Waals surface area contributed by atoms with Gasteiger partial charge in [-0.1, -0.05) is 64.4 Å². The summed E-state index contributed by atoms with van der Waals surface area (Å²) in [7, 11) is 0. The lowest BCUT2D eigenvalue weighted by Gasteiger charge is -2.65. The number of aliphatic hydroxyl groups excluding tert-OH is 2. The molecule has 47 heavy (non-hydrogen) atoms. The molecule has 0 aromatic heterocycles. The zero-order chi connectivity index (χ0) is 35.1. The van der Waals surface area contributed by atoms with Crippen LogP contribution in [-0.4, -0.2) is 60.2 Å². The van der Waals surface area contributed by atoms with Gasteiger partial charge in [-0.25, -0.2) is 4.79 Å². The van der Waals surface area contributed by atoms with Gasteiger partial charge in [-0.2, -0.15) is 0 Å². The summed E-state index contributed by atoms with van der Waals surface area (Å²) >= 11 is 0. The van der Waals surface area contributed by atoms with Gasteiger partial charge in [0.15, 0.2) is 17.2 Å². The lowest BCUT2D eigenvalue weighted by Crippen LogP contribution is -2.71. The minimum Gasteiger partial charge on any atom is -0.511 e. The van der Waals surface area contributed by atoms with E-state index in [1.54, 1.807) is 58.9 Å². The molecule has 0 spiro atoms. The van der Waals surface area contributed by atoms with Crippen molar-refractivity contribution >= 4 is 29.1 Å². The van der Waals surface area contributed by atoms with E-state index in [1.807, 2.05) is 0 Å². The first kappa shape index (κ1) is 33.8. The highest BCUT2D eigenvalue weighted by molar-refractivity contribution is 6.25. The van der Waals surface area contributed by atoms with Crippen LogP contribution in [0.2, 0.25) is 0 Å². The summed E-state index contributed by atoms with van der Waals surface area (Å²) in [6.45, 7) is 11.1. The molecule has 0 heterocycles. The van der Waals surface area contributed by atoms with Crippen LogP contribution >= 0.6 is 0 Å². The van der Waals surface area contributed by atoms with Gasteiger partial charge in [0.25, 0.3) is 0 Å². The molecule has 0 fully saturated rings. The normalized spacial score (nSPS) is 30.2. The number of Topliss-reactive ketones (excluding diaryl/α,β-unsaturated/α-hetero) is 4. The second-order valence-corrected chi connectivity index (χ2v) is 14.1. The van der Waals surface area contributed by atoms with E-state index in [9.17, 15) is 49.5 Å². The zero-order valence-electron chi connectivity index (χ0n) is 27.5. The lowest BCUT2D eigenvalue weighted by atomic mass is 9.38. The Hall–Kier alpha value is -4.57. The topological polar surface area (TPSA) is 186 Å². The molecular weight excluding hydrogens is 604 g/mol. The number of hydrogen-bond acceptors (Lipinski definition) is 9. The SMILES string of the molecule is CC(=O)C1=C(O)C(C(C)C)[C@@]2(C)[C@H](CC(=O)Cc3ccc(C)cc3C(=O)O)[C@]3(C)C(=C(O)[C@@]2(O)C1=O)C(=O)c1c(O)cccc1[C@H]3C. The molecule has 2 aromatic carbocycles. The molecule has 248 valence electrons. The number of fused-ring (bicyclic) bond motifs is 3. The van der Waals surface area contributed by atoms with E-state index in [0.717, 1.165) is 6.92 Å². The van der Waals surface area contributed by atoms with Crippen molar-refractivity contribution in [2.75, 3.05) is 0 Å². The van der Waals surface area contributed by atoms with Crippen molar-refractivity contribution in [1.29, 1.82) is 0 Å². The van der Waals surface area contributed by atoms with E-state index in [1.165, 1.54) is 19.1 Å². The number of benzene rings is 2. The molecule has 10 nitrogen and oxygen atoms in total. The molecule has 0 radical (unpaired) electrons. The highest BCUT2D eigenvalue weighted by Gasteiger charge is 2.75. The van der Waals surface area contributed by atoms with Crippen molar-refractivity contribution in [2.24, 2.45) is 28.6 Å². The van der Waals surface area contributed by atoms with E-state index < -0.39 is 92.7 Å². The first-order valence-electron chi connectivity index (χ1n) is 15.6. The number of carbonyl (C=O) groups excluding carboxylic acids is 4. The van der Waals surface area contributed by atoms with E-state index in [-0.39, 0.29) is 34.4 Å². The number of carbonyl (C=O) groups is 5. The van der Waals surface area contributed by atoms with Gasteiger partial charge < -0.3 is 25.5 Å². The minimum absolute atomic E-state index is 0.0562. The molecule has 3 aliphatic rings. The summed E-state index contributed by atoms with van der Waals surface area (Å²) in [6, 6.07) is 9.22. The average Bonchev–Trinajstić information content (AvgIpc) is 2.97. The number of aryl methyl sites for hydroxylation is 1. The summed E-state index contributed by atoms with van der Waals surface area (Å²) in [4.78, 5) is 67.7. The number of rotatable bonds is 7. The molecule has 6 atom stereocenters. The number of aromatic hydroxyl groups is 1. The Kier molecular flexibility index (Phi) is 7.91. The van der Waals surface area contributed by atoms with Gasteiger partial charge in [-0.3, -0.25) is 19.2 Å². The highest BCUT2D eigenvalue weighted by atomic mass is 16.4. The van der Waals surface area contributed by atoms with Crippen molar-refractivity contribution in [1.82, 2.24) is 0 Å². The Morgan fingerprint density at radius 1 is 1.00 bits per heavy atom. The summed E-state index contributed by atoms with van der Waals surface area (Å²) in [6.07, 6.45) is -0.724. The number of ketones is 4. The summed E-state index contributed by atoms with van der Waals surface area (Å²) in [5, 5.41) is 57.0. The second-order valence-electron chi connectivity index (χ2n) is 14.1. The zero-order valence-corrected chi connectivity index (χ0v) is 27.5. The molecule has 3 aliphatic carbocycles. The molecule has 0 saturated heterocycles. The third-order valence-electron chi connectivity index (χ3n) is 11.3. The van der Waals surface area contributed by atoms with Crippen molar-refractivity contribution in [2.45, 2.75) is 72.8 Å². The standard InChI is InChI=1S/C37H40O10/c1-16(2)28-30(41)26(19(5)38)32(43)37(47)33(44)29-31(42)27-22(9-8-10-24(27)40)18(4)35(29,6)25(36(28,37)7)15-21(39)14-20-12-11-17(3)13-23(20)34(45)46/h8-13,16,18,25,28,40-41,44,47H,14-15H2,1-7H3,(H,45,46)/t18-,25-,28?,35-,36-,37+/m1/s1. The Morgan fingerprint density at radius 3 is 2.21 bits per heavy atom. The average molecular weight is 645 g/mol. The van der Waals surface area contributed by atoms with Crippen molar-refractivity contribution < 1.29 is 49.5 Å². The molecule has 1 unspecified atom stereocenters. The summed E-state index contributed by atoms with van der Waals surface area (Å²) in [5.74, 6) is -10.1. The van der Waals surface area contributed by atoms with Crippen LogP contribution in [0, 0.1) is 35.5 Å². The van der Waals surface area contributed by atoms with E-state index >= 15 is 0 Å². The first-order chi connectivity index (χ1) is 21.8. The van der Waals surface area contributed by atoms with Gasteiger partial charge in [0, 0.05) is 35.2 Å². The smallest absolute Gasteiger partial charge is 0.335 e. The number of carboxylic acids is 1. The number of allylic oxidation sites excluding steroid dienone is 2. The van der Waals surface area contributed by atoms with Crippen LogP contribution < -0.4 is 0 Å². The molecule has 0 bridgehead atoms. The molecule has 0 amide bonds. The fourth-order valence-corrected chi connectivity index (χ4v) is 9.08. The van der Waals surface area contributed by atoms with Gasteiger partial charge in [0.1, 0.15) is 28.6 Å². The van der Waals surface area contributed by atoms with Crippen LogP contribution in [0.4, 0.5) is 0 Å². The van der Waals surface area contributed by atoms with Crippen LogP contribution in [-0.2, 0) is 20.8 Å². The monoisotopic (exact) mass is 644 g/mol. The third kappa shape index (κ3) is 4.37. The number of carboxylic acid groups (broad SMARTS) is 1. The molecular formula is C37H40O10. The highest BCUT2D eigenvalue weighted by Crippen LogP contribution is 2.71. The lowest BCUT2D eigenvalue weighted by molar-refractivity contribution is -0.193. The maximum Gasteiger partial charge on any atom is 0.335 e. The number of hydrogen-bond donors (Lipinski definition) is 5. The quantitative estimate of drug-likeness (QED) is 0.246. The van der Waals surface area contributed by atoms with Crippen molar-refractivity contribution in [3.8, 4) is 5.75 Å². The Morgan fingerprint density at radius 2 is 1.64 bits per heavy atom. The predicted octanol–water partition coefficient (Wildman–Crippen LogP) is 5.34. The fraction of sp³-hybridized carbons (Fsp3) is 0.432. The number of aromatic carboxylic acids is 1. The summed E-state index contributed by atoms with van der Waals surface area (Å²) in [5.41, 5.74) is -6.14. The van der Waals surface area contributed by atoms with Crippen molar-refractivity contribution in [3.05, 3.63) is 86.9 Å². The Balaban J connectivity index is 1.84. The van der Waals surface area contributed by atoms with Gasteiger partial charge in [-0.15, -0.1) is 0 Å². The predicted molar refractivity (Wildman–Crippen MR) is 170 cm³/mol. The van der Waals surface area contributed by atoms with Crippen LogP contribution in [0.1, 0.15) is 91.3 Å². The second kappa shape index (κ2) is 11.0. The molecule has 0 aliphatic heterocycles. The van der Waals surface area contributed by atoms with Crippen LogP contribution in [0.25, 0.3) is 0 Å². The van der Waals surface area contributed by atoms with Gasteiger partial charge in [0.05, 0.1) is 11.1 Å². The largest absolute Gasteiger partial charge is 0.511 e. The minimum atomic E-state index is -2.93. The fourth-order valence-electron chi connectivity index (χ4n) is 9.08. The molecule has 0 saturated carbocycles. The van der Waals surface area contributed by atoms with Crippen LogP contribution in [0.3, 0.4) is 0 Å². The van der Waals surface area contributed by atoms with Crippen molar-refractivity contribution in [3.63, 3.8) is 0 Å². The van der Waals surface area contributed by atoms with Gasteiger partial charge >= 0.3 is 5.97 Å². The van der Waals surface area contributed by atoms with E-state index in [2.05, 4.69) is 0 Å². The molecule has 5 rings (SSSR count). The van der Waals surface area contributed by atoms with Crippen LogP contribution in [0.15, 0.2) is 59.1 Å². The number of phenolic OH excluding ortho intramolecular Hbond substituents is 1. The van der Waals surface area contributed by atoms with Crippen LogP contribution in [0.5, 0.6) is 5.75 Å². The van der Waals surface area contributed by atoms with E-state index in [0.29, 0.717) is 11.1 Å².